The third-order valence-electron chi connectivity index (χ3n) is 4.34. The zero-order valence-electron chi connectivity index (χ0n) is 13.9. The van der Waals surface area contributed by atoms with Crippen LogP contribution < -0.4 is 4.90 Å². The summed E-state index contributed by atoms with van der Waals surface area (Å²) >= 11 is 1.41. The van der Waals surface area contributed by atoms with Crippen molar-refractivity contribution < 1.29 is 4.79 Å². The molecule has 0 spiro atoms. The molecular weight excluding hydrogens is 336 g/mol. The molecule has 4 heterocycles. The van der Waals surface area contributed by atoms with Gasteiger partial charge in [0, 0.05) is 44.6 Å². The van der Waals surface area contributed by atoms with Crippen LogP contribution in [0.1, 0.15) is 15.4 Å². The molecule has 1 aliphatic rings. The van der Waals surface area contributed by atoms with Crippen LogP contribution in [0.3, 0.4) is 0 Å². The molecular formula is C17H18N6OS. The van der Waals surface area contributed by atoms with Crippen molar-refractivity contribution in [3.05, 3.63) is 53.0 Å². The van der Waals surface area contributed by atoms with E-state index in [0.29, 0.717) is 13.1 Å². The van der Waals surface area contributed by atoms with E-state index in [2.05, 4.69) is 19.9 Å². The molecule has 0 bridgehead atoms. The highest BCUT2D eigenvalue weighted by atomic mass is 32.1. The minimum absolute atomic E-state index is 0.0790. The van der Waals surface area contributed by atoms with E-state index in [-0.39, 0.29) is 5.91 Å². The van der Waals surface area contributed by atoms with Crippen LogP contribution in [0.5, 0.6) is 0 Å². The third kappa shape index (κ3) is 3.12. The Hall–Kier alpha value is -2.74. The van der Waals surface area contributed by atoms with Crippen LogP contribution in [0, 0.1) is 6.92 Å². The van der Waals surface area contributed by atoms with Crippen molar-refractivity contribution in [2.75, 3.05) is 31.1 Å². The fraction of sp³-hybridized carbons (Fsp3) is 0.294. The molecule has 0 N–H and O–H groups in total. The molecule has 25 heavy (non-hydrogen) atoms. The number of rotatable bonds is 3. The second-order valence-corrected chi connectivity index (χ2v) is 6.73. The highest BCUT2D eigenvalue weighted by molar-refractivity contribution is 7.11. The number of aryl methyl sites for hydroxylation is 1. The summed E-state index contributed by atoms with van der Waals surface area (Å²) in [5.74, 6) is 1.81. The molecule has 1 saturated heterocycles. The topological polar surface area (TPSA) is 67.2 Å². The Bertz CT molecular complexity index is 867. The van der Waals surface area contributed by atoms with E-state index in [0.717, 1.165) is 35.3 Å². The van der Waals surface area contributed by atoms with E-state index in [1.54, 1.807) is 11.8 Å². The number of nitrogens with zero attached hydrogens (tertiary/aromatic N) is 6. The van der Waals surface area contributed by atoms with E-state index in [1.165, 1.54) is 11.3 Å². The van der Waals surface area contributed by atoms with Gasteiger partial charge in [0.05, 0.1) is 11.2 Å². The van der Waals surface area contributed by atoms with Gasteiger partial charge in [0.1, 0.15) is 22.8 Å². The summed E-state index contributed by atoms with van der Waals surface area (Å²) in [4.78, 5) is 30.3. The van der Waals surface area contributed by atoms with Crippen LogP contribution in [-0.2, 0) is 0 Å². The zero-order chi connectivity index (χ0) is 17.2. The summed E-state index contributed by atoms with van der Waals surface area (Å²) in [6, 6.07) is 5.91. The fourth-order valence-corrected chi connectivity index (χ4v) is 3.70. The predicted octanol–water partition coefficient (Wildman–Crippen LogP) is 1.99. The van der Waals surface area contributed by atoms with Crippen LogP contribution in [-0.4, -0.2) is 56.5 Å². The molecule has 0 aromatic carbocycles. The van der Waals surface area contributed by atoms with Gasteiger partial charge in [0.2, 0.25) is 0 Å². The van der Waals surface area contributed by atoms with E-state index >= 15 is 0 Å². The van der Waals surface area contributed by atoms with Crippen molar-refractivity contribution in [2.45, 2.75) is 6.92 Å². The van der Waals surface area contributed by atoms with Gasteiger partial charge in [-0.3, -0.25) is 4.79 Å². The molecule has 0 atom stereocenters. The SMILES string of the molecule is Cc1ncsc1C(=O)N1CCN(c2cc(-n3cccc3)ncn2)CC1. The lowest BCUT2D eigenvalue weighted by Gasteiger charge is -2.35. The van der Waals surface area contributed by atoms with Crippen molar-refractivity contribution in [3.8, 4) is 5.82 Å². The van der Waals surface area contributed by atoms with Gasteiger partial charge < -0.3 is 14.4 Å². The molecule has 4 rings (SSSR count). The van der Waals surface area contributed by atoms with Gasteiger partial charge in [-0.25, -0.2) is 15.0 Å². The third-order valence-corrected chi connectivity index (χ3v) is 5.25. The summed E-state index contributed by atoms with van der Waals surface area (Å²) in [5.41, 5.74) is 2.53. The first-order chi connectivity index (χ1) is 12.2. The van der Waals surface area contributed by atoms with Crippen LogP contribution in [0.15, 0.2) is 42.4 Å². The lowest BCUT2D eigenvalue weighted by molar-refractivity contribution is 0.0750. The molecule has 0 radical (unpaired) electrons. The molecule has 1 aliphatic heterocycles. The smallest absolute Gasteiger partial charge is 0.265 e. The predicted molar refractivity (Wildman–Crippen MR) is 96.3 cm³/mol. The number of piperazine rings is 1. The van der Waals surface area contributed by atoms with Crippen molar-refractivity contribution >= 4 is 23.1 Å². The Kier molecular flexibility index (Phi) is 4.19. The second-order valence-electron chi connectivity index (χ2n) is 5.87. The second kappa shape index (κ2) is 6.64. The molecule has 1 amide bonds. The molecule has 1 fully saturated rings. The molecule has 3 aromatic rings. The first-order valence-corrected chi connectivity index (χ1v) is 9.00. The maximum absolute atomic E-state index is 12.6. The van der Waals surface area contributed by atoms with Crippen LogP contribution in [0.2, 0.25) is 0 Å². The molecule has 3 aromatic heterocycles. The number of carbonyl (C=O) groups is 1. The quantitative estimate of drug-likeness (QED) is 0.720. The molecule has 7 nitrogen and oxygen atoms in total. The fourth-order valence-electron chi connectivity index (χ4n) is 2.93. The van der Waals surface area contributed by atoms with Crippen molar-refractivity contribution in [1.29, 1.82) is 0 Å². The standard InChI is InChI=1S/C17H18N6OS/c1-13-16(25-12-20-13)17(24)23-8-6-22(7-9-23)15-10-14(18-11-19-15)21-4-2-3-5-21/h2-5,10-12H,6-9H2,1H3. The van der Waals surface area contributed by atoms with Crippen LogP contribution >= 0.6 is 11.3 Å². The van der Waals surface area contributed by atoms with Crippen molar-refractivity contribution in [3.63, 3.8) is 0 Å². The van der Waals surface area contributed by atoms with Gasteiger partial charge in [0.25, 0.3) is 5.91 Å². The summed E-state index contributed by atoms with van der Waals surface area (Å²) in [6.07, 6.45) is 5.50. The number of hydrogen-bond donors (Lipinski definition) is 0. The summed E-state index contributed by atoms with van der Waals surface area (Å²) in [5, 5.41) is 0. The Morgan fingerprint density at radius 2 is 1.76 bits per heavy atom. The minimum Gasteiger partial charge on any atom is -0.353 e. The Balaban J connectivity index is 1.45. The average Bonchev–Trinajstić information content (AvgIpc) is 3.33. The molecule has 0 unspecified atom stereocenters. The van der Waals surface area contributed by atoms with Gasteiger partial charge in [-0.15, -0.1) is 11.3 Å². The first kappa shape index (κ1) is 15.8. The van der Waals surface area contributed by atoms with E-state index in [9.17, 15) is 4.79 Å². The van der Waals surface area contributed by atoms with Gasteiger partial charge in [0.15, 0.2) is 0 Å². The van der Waals surface area contributed by atoms with Gasteiger partial charge >= 0.3 is 0 Å². The molecule has 0 saturated carbocycles. The average molecular weight is 354 g/mol. The highest BCUT2D eigenvalue weighted by Gasteiger charge is 2.25. The lowest BCUT2D eigenvalue weighted by Crippen LogP contribution is -2.49. The molecule has 8 heteroatoms. The van der Waals surface area contributed by atoms with Crippen molar-refractivity contribution in [2.24, 2.45) is 0 Å². The monoisotopic (exact) mass is 354 g/mol. The van der Waals surface area contributed by atoms with E-state index in [1.807, 2.05) is 47.0 Å². The maximum atomic E-state index is 12.6. The summed E-state index contributed by atoms with van der Waals surface area (Å²) in [7, 11) is 0. The first-order valence-electron chi connectivity index (χ1n) is 8.12. The lowest BCUT2D eigenvalue weighted by atomic mass is 10.2. The number of aromatic nitrogens is 4. The number of hydrogen-bond acceptors (Lipinski definition) is 6. The number of amides is 1. The molecule has 0 aliphatic carbocycles. The Morgan fingerprint density at radius 1 is 1.04 bits per heavy atom. The number of carbonyl (C=O) groups excluding carboxylic acids is 1. The van der Waals surface area contributed by atoms with Crippen LogP contribution in [0.4, 0.5) is 5.82 Å². The number of thiazole rings is 1. The van der Waals surface area contributed by atoms with Crippen molar-refractivity contribution in [1.82, 2.24) is 24.4 Å². The van der Waals surface area contributed by atoms with E-state index < -0.39 is 0 Å². The summed E-state index contributed by atoms with van der Waals surface area (Å²) in [6.45, 7) is 4.75. The van der Waals surface area contributed by atoms with E-state index in [4.69, 9.17) is 0 Å². The zero-order valence-corrected chi connectivity index (χ0v) is 14.7. The molecule has 128 valence electrons. The number of anilines is 1. The largest absolute Gasteiger partial charge is 0.353 e. The van der Waals surface area contributed by atoms with Crippen LogP contribution in [0.25, 0.3) is 5.82 Å². The Labute approximate surface area is 149 Å². The normalized spacial score (nSPS) is 14.8. The van der Waals surface area contributed by atoms with Gasteiger partial charge in [-0.1, -0.05) is 0 Å². The van der Waals surface area contributed by atoms with Gasteiger partial charge in [-0.2, -0.15) is 0 Å². The summed E-state index contributed by atoms with van der Waals surface area (Å²) < 4.78 is 1.96. The Morgan fingerprint density at radius 3 is 2.44 bits per heavy atom. The van der Waals surface area contributed by atoms with Gasteiger partial charge in [-0.05, 0) is 19.1 Å². The maximum Gasteiger partial charge on any atom is 0.265 e. The highest BCUT2D eigenvalue weighted by Crippen LogP contribution is 2.19. The minimum atomic E-state index is 0.0790.